The van der Waals surface area contributed by atoms with Crippen LogP contribution in [0.4, 0.5) is 5.69 Å². The van der Waals surface area contributed by atoms with Gasteiger partial charge in [-0.2, -0.15) is 4.31 Å². The Bertz CT molecular complexity index is 1540. The monoisotopic (exact) mass is 686 g/mol. The topological polar surface area (TPSA) is 164 Å². The largest absolute Gasteiger partial charge is 0.497 e. The van der Waals surface area contributed by atoms with E-state index in [1.54, 1.807) is 48.4 Å². The number of amides is 3. The first-order valence-corrected chi connectivity index (χ1v) is 17.9. The Morgan fingerprint density at radius 3 is 2.35 bits per heavy atom. The molecule has 5 rings (SSSR count). The van der Waals surface area contributed by atoms with Crippen molar-refractivity contribution < 1.29 is 42.1 Å². The predicted molar refractivity (Wildman–Crippen MR) is 176 cm³/mol. The van der Waals surface area contributed by atoms with Crippen LogP contribution < -0.4 is 20.3 Å². The summed E-state index contributed by atoms with van der Waals surface area (Å²) in [6.07, 6.45) is -0.406. The maximum absolute atomic E-state index is 13.2. The number of benzene rings is 2. The molecule has 0 aromatic heterocycles. The van der Waals surface area contributed by atoms with E-state index in [2.05, 4.69) is 10.6 Å². The van der Waals surface area contributed by atoms with Gasteiger partial charge in [0, 0.05) is 55.8 Å². The quantitative estimate of drug-likeness (QED) is 0.304. The van der Waals surface area contributed by atoms with E-state index in [9.17, 15) is 27.9 Å². The van der Waals surface area contributed by atoms with E-state index in [-0.39, 0.29) is 35.6 Å². The predicted octanol–water partition coefficient (Wildman–Crippen LogP) is 2.35. The van der Waals surface area contributed by atoms with Crippen molar-refractivity contribution >= 4 is 33.4 Å². The van der Waals surface area contributed by atoms with Crippen molar-refractivity contribution in [2.75, 3.05) is 51.3 Å². The number of rotatable bonds is 12. The van der Waals surface area contributed by atoms with Crippen molar-refractivity contribution in [3.8, 4) is 5.75 Å². The van der Waals surface area contributed by atoms with Gasteiger partial charge >= 0.3 is 0 Å². The van der Waals surface area contributed by atoms with E-state index in [1.807, 2.05) is 26.0 Å². The van der Waals surface area contributed by atoms with Crippen LogP contribution in [0.1, 0.15) is 57.8 Å². The third-order valence-corrected chi connectivity index (χ3v) is 11.1. The summed E-state index contributed by atoms with van der Waals surface area (Å²) in [4.78, 5) is 39.6. The van der Waals surface area contributed by atoms with E-state index in [4.69, 9.17) is 14.2 Å². The average Bonchev–Trinajstić information content (AvgIpc) is 3.52. The molecule has 2 aromatic rings. The third kappa shape index (κ3) is 8.35. The molecular formula is C34H46N4O9S. The number of aliphatic hydroxyl groups excluding tert-OH is 1. The van der Waals surface area contributed by atoms with E-state index in [0.717, 1.165) is 12.0 Å². The lowest BCUT2D eigenvalue weighted by Gasteiger charge is -2.41. The molecule has 0 spiro atoms. The minimum atomic E-state index is -3.69. The number of sulfonamides is 1. The smallest absolute Gasteiger partial charge is 0.249 e. The molecule has 2 unspecified atom stereocenters. The normalized spacial score (nSPS) is 22.7. The van der Waals surface area contributed by atoms with Crippen LogP contribution in [-0.4, -0.2) is 94.2 Å². The van der Waals surface area contributed by atoms with Crippen LogP contribution in [0.2, 0.25) is 0 Å². The fourth-order valence-electron chi connectivity index (χ4n) is 6.21. The lowest BCUT2D eigenvalue weighted by molar-refractivity contribution is -0.258. The first-order chi connectivity index (χ1) is 22.9. The number of piperidine rings is 1. The molecule has 3 aliphatic rings. The number of nitrogens with zero attached hydrogens (tertiary/aromatic N) is 2. The standard InChI is InChI=1S/C34H46N4O9S/c1-34(2)22-46-33(24-6-10-26(45-3)11-7-24)47-30(34)32(42)35-17-14-28(39)31(41)36-21-23-15-19-37(20-16-23)48(43,44)27-12-8-25(9-13-27)38-18-4-5-29(38)40/h6-13,23,28,30,33,39H,4-5,14-22H2,1-3H3,(H,35,42)(H,36,41)/t28?,30?,33-/m1/s1. The molecule has 48 heavy (non-hydrogen) atoms. The van der Waals surface area contributed by atoms with Crippen LogP contribution in [0.25, 0.3) is 0 Å². The Labute approximate surface area is 281 Å². The fraction of sp³-hybridized carbons (Fsp3) is 0.559. The van der Waals surface area contributed by atoms with Gasteiger partial charge in [-0.15, -0.1) is 0 Å². The number of hydrogen-bond donors (Lipinski definition) is 3. The Kier molecular flexibility index (Phi) is 11.4. The molecule has 0 bridgehead atoms. The highest BCUT2D eigenvalue weighted by molar-refractivity contribution is 7.89. The van der Waals surface area contributed by atoms with Crippen molar-refractivity contribution in [2.24, 2.45) is 11.3 Å². The van der Waals surface area contributed by atoms with Crippen LogP contribution in [-0.2, 0) is 33.9 Å². The zero-order chi connectivity index (χ0) is 34.5. The third-order valence-electron chi connectivity index (χ3n) is 9.22. The van der Waals surface area contributed by atoms with Gasteiger partial charge < -0.3 is 34.9 Å². The zero-order valence-corrected chi connectivity index (χ0v) is 28.5. The van der Waals surface area contributed by atoms with Crippen molar-refractivity contribution in [1.82, 2.24) is 14.9 Å². The highest BCUT2D eigenvalue weighted by atomic mass is 32.2. The Morgan fingerprint density at radius 1 is 1.04 bits per heavy atom. The van der Waals surface area contributed by atoms with Crippen molar-refractivity contribution in [3.05, 3.63) is 54.1 Å². The van der Waals surface area contributed by atoms with Crippen LogP contribution in [0.5, 0.6) is 5.75 Å². The summed E-state index contributed by atoms with van der Waals surface area (Å²) in [5.41, 5.74) is 0.856. The van der Waals surface area contributed by atoms with Gasteiger partial charge in [0.05, 0.1) is 18.6 Å². The van der Waals surface area contributed by atoms with Crippen LogP contribution in [0, 0.1) is 11.3 Å². The van der Waals surface area contributed by atoms with E-state index >= 15 is 0 Å². The summed E-state index contributed by atoms with van der Waals surface area (Å²) >= 11 is 0. The van der Waals surface area contributed by atoms with Gasteiger partial charge in [-0.1, -0.05) is 26.0 Å². The van der Waals surface area contributed by atoms with Crippen LogP contribution >= 0.6 is 0 Å². The molecule has 3 N–H and O–H groups in total. The lowest BCUT2D eigenvalue weighted by Crippen LogP contribution is -2.52. The molecule has 2 aromatic carbocycles. The molecule has 3 saturated heterocycles. The summed E-state index contributed by atoms with van der Waals surface area (Å²) in [7, 11) is -2.11. The van der Waals surface area contributed by atoms with Crippen LogP contribution in [0.3, 0.4) is 0 Å². The number of anilines is 1. The second kappa shape index (κ2) is 15.3. The maximum Gasteiger partial charge on any atom is 0.249 e. The second-order valence-corrected chi connectivity index (χ2v) is 15.2. The molecule has 3 heterocycles. The summed E-state index contributed by atoms with van der Waals surface area (Å²) < 4.78 is 45.0. The Hall–Kier alpha value is -3.56. The number of methoxy groups -OCH3 is 1. The number of carbonyl (C=O) groups excluding carboxylic acids is 3. The minimum Gasteiger partial charge on any atom is -0.497 e. The molecule has 0 radical (unpaired) electrons. The van der Waals surface area contributed by atoms with Gasteiger partial charge in [0.25, 0.3) is 0 Å². The van der Waals surface area contributed by atoms with Gasteiger partial charge in [0.2, 0.25) is 27.7 Å². The van der Waals surface area contributed by atoms with Crippen molar-refractivity contribution in [3.63, 3.8) is 0 Å². The number of ether oxygens (including phenoxy) is 3. The number of hydrogen-bond acceptors (Lipinski definition) is 9. The van der Waals surface area contributed by atoms with Crippen molar-refractivity contribution in [2.45, 2.75) is 69.3 Å². The number of carbonyl (C=O) groups is 3. The lowest BCUT2D eigenvalue weighted by atomic mass is 9.85. The highest BCUT2D eigenvalue weighted by Gasteiger charge is 2.43. The van der Waals surface area contributed by atoms with E-state index in [0.29, 0.717) is 63.5 Å². The zero-order valence-electron chi connectivity index (χ0n) is 27.7. The van der Waals surface area contributed by atoms with Gasteiger partial charge in [-0.3, -0.25) is 14.4 Å². The molecule has 3 atom stereocenters. The number of nitrogens with one attached hydrogen (secondary N) is 2. The molecular weight excluding hydrogens is 640 g/mol. The molecule has 3 fully saturated rings. The fourth-order valence-corrected chi connectivity index (χ4v) is 7.68. The van der Waals surface area contributed by atoms with Gasteiger partial charge in [-0.05, 0) is 68.0 Å². The first kappa shape index (κ1) is 35.7. The average molecular weight is 687 g/mol. The SMILES string of the molecule is COc1ccc([C@@H]2OCC(C)(C)C(C(=O)NCCC(O)C(=O)NCC3CCN(S(=O)(=O)c4ccc(N5CCCC5=O)cc4)CC3)O2)cc1. The Balaban J connectivity index is 1.02. The Morgan fingerprint density at radius 2 is 1.73 bits per heavy atom. The minimum absolute atomic E-state index is 0.0184. The summed E-state index contributed by atoms with van der Waals surface area (Å²) in [5.74, 6) is -0.0997. The highest BCUT2D eigenvalue weighted by Crippen LogP contribution is 2.37. The summed E-state index contributed by atoms with van der Waals surface area (Å²) in [6, 6.07) is 13.7. The van der Waals surface area contributed by atoms with Crippen LogP contribution in [0.15, 0.2) is 53.4 Å². The molecule has 262 valence electrons. The van der Waals surface area contributed by atoms with E-state index in [1.165, 1.54) is 4.31 Å². The van der Waals surface area contributed by atoms with Crippen molar-refractivity contribution in [1.29, 1.82) is 0 Å². The summed E-state index contributed by atoms with van der Waals surface area (Å²) in [6.45, 7) is 5.70. The van der Waals surface area contributed by atoms with Gasteiger partial charge in [0.1, 0.15) is 18.0 Å². The van der Waals surface area contributed by atoms with Gasteiger partial charge in [-0.25, -0.2) is 8.42 Å². The molecule has 14 heteroatoms. The first-order valence-electron chi connectivity index (χ1n) is 16.4. The molecule has 13 nitrogen and oxygen atoms in total. The summed E-state index contributed by atoms with van der Waals surface area (Å²) in [5, 5.41) is 16.0. The number of aliphatic hydroxyl groups is 1. The van der Waals surface area contributed by atoms with E-state index < -0.39 is 39.8 Å². The maximum atomic E-state index is 13.2. The second-order valence-electron chi connectivity index (χ2n) is 13.3. The van der Waals surface area contributed by atoms with Gasteiger partial charge in [0.15, 0.2) is 6.29 Å². The molecule has 3 aliphatic heterocycles. The molecule has 3 amide bonds. The molecule has 0 aliphatic carbocycles. The molecule has 0 saturated carbocycles.